The van der Waals surface area contributed by atoms with E-state index in [1.807, 2.05) is 11.8 Å². The molecular weight excluding hydrogens is 466 g/mol. The van der Waals surface area contributed by atoms with Gasteiger partial charge in [-0.15, -0.1) is 4.83 Å². The minimum Gasteiger partial charge on any atom is -0.495 e. The average molecular weight is 490 g/mol. The zero-order chi connectivity index (χ0) is 24.9. The highest BCUT2D eigenvalue weighted by atomic mass is 32.2. The number of nitro benzene ring substituents is 1. The van der Waals surface area contributed by atoms with Crippen molar-refractivity contribution in [2.45, 2.75) is 37.6 Å². The summed E-state index contributed by atoms with van der Waals surface area (Å²) >= 11 is 0. The second kappa shape index (κ2) is 10.4. The summed E-state index contributed by atoms with van der Waals surface area (Å²) < 4.78 is 31.6. The molecule has 3 aromatic rings. The number of methoxy groups -OCH3 is 1. The molecule has 12 nitrogen and oxygen atoms in total. The first-order valence-corrected chi connectivity index (χ1v) is 11.8. The molecule has 2 N–H and O–H groups in total. The molecule has 0 atom stereocenters. The molecule has 0 saturated carbocycles. The van der Waals surface area contributed by atoms with E-state index in [-0.39, 0.29) is 33.5 Å². The van der Waals surface area contributed by atoms with Gasteiger partial charge < -0.3 is 4.74 Å². The molecule has 0 aliphatic rings. The van der Waals surface area contributed by atoms with Crippen LogP contribution in [0.25, 0.3) is 10.8 Å². The van der Waals surface area contributed by atoms with E-state index < -0.39 is 25.7 Å². The Labute approximate surface area is 194 Å². The fourth-order valence-corrected chi connectivity index (χ4v) is 4.28. The van der Waals surface area contributed by atoms with E-state index in [4.69, 9.17) is 4.74 Å². The van der Waals surface area contributed by atoms with E-state index in [2.05, 4.69) is 10.5 Å². The third kappa shape index (κ3) is 5.21. The van der Waals surface area contributed by atoms with Crippen LogP contribution in [0.15, 0.2) is 52.2 Å². The first-order chi connectivity index (χ1) is 16.2. The number of aryl methyl sites for hydroxylation is 1. The molecule has 0 fully saturated rings. The van der Waals surface area contributed by atoms with Crippen molar-refractivity contribution in [2.24, 2.45) is 0 Å². The van der Waals surface area contributed by atoms with Crippen LogP contribution in [-0.2, 0) is 16.6 Å². The molecule has 0 aliphatic carbocycles. The number of sulfonamides is 1. The van der Waals surface area contributed by atoms with Gasteiger partial charge in [0.2, 0.25) is 0 Å². The summed E-state index contributed by atoms with van der Waals surface area (Å²) in [7, 11) is -3.20. The predicted molar refractivity (Wildman–Crippen MR) is 123 cm³/mol. The van der Waals surface area contributed by atoms with E-state index in [9.17, 15) is 28.1 Å². The van der Waals surface area contributed by atoms with Crippen molar-refractivity contribution in [3.05, 3.63) is 68.6 Å². The minimum atomic E-state index is -4.36. The summed E-state index contributed by atoms with van der Waals surface area (Å²) in [6.45, 7) is 2.32. The van der Waals surface area contributed by atoms with Crippen molar-refractivity contribution in [1.29, 1.82) is 0 Å². The smallest absolute Gasteiger partial charge is 0.287 e. The highest BCUT2D eigenvalue weighted by molar-refractivity contribution is 7.89. The standard InChI is InChI=1S/C21H23N5O7S/c1-3-4-7-12-25-21(28)16-9-6-5-8-15(16)19(23-25)20(27)22-24-34(31,32)18-11-10-14(26(29)30)13-17(18)33-2/h5-6,8-11,13,24H,3-4,7,12H2,1-2H3,(H,22,27). The number of carbonyl (C=O) groups excluding carboxylic acids is 1. The summed E-state index contributed by atoms with van der Waals surface area (Å²) in [6, 6.07) is 9.35. The number of nitrogens with zero attached hydrogens (tertiary/aromatic N) is 3. The monoisotopic (exact) mass is 489 g/mol. The summed E-state index contributed by atoms with van der Waals surface area (Å²) in [5.41, 5.74) is 1.25. The molecule has 1 aromatic heterocycles. The van der Waals surface area contributed by atoms with Crippen molar-refractivity contribution in [3.63, 3.8) is 0 Å². The maximum atomic E-state index is 12.9. The third-order valence-corrected chi connectivity index (χ3v) is 6.29. The number of hydrogen-bond acceptors (Lipinski definition) is 8. The molecule has 0 radical (unpaired) electrons. The largest absolute Gasteiger partial charge is 0.495 e. The van der Waals surface area contributed by atoms with Gasteiger partial charge in [-0.2, -0.15) is 5.10 Å². The maximum Gasteiger partial charge on any atom is 0.287 e. The Kier molecular flexibility index (Phi) is 7.58. The molecule has 0 bridgehead atoms. The van der Waals surface area contributed by atoms with E-state index in [0.29, 0.717) is 13.0 Å². The fourth-order valence-electron chi connectivity index (χ4n) is 3.29. The Morgan fingerprint density at radius 3 is 2.53 bits per heavy atom. The zero-order valence-electron chi connectivity index (χ0n) is 18.5. The van der Waals surface area contributed by atoms with Gasteiger partial charge in [0.1, 0.15) is 10.6 Å². The summed E-state index contributed by atoms with van der Waals surface area (Å²) in [5, 5.41) is 15.7. The van der Waals surface area contributed by atoms with Crippen LogP contribution >= 0.6 is 0 Å². The first kappa shape index (κ1) is 24.8. The number of ether oxygens (including phenoxy) is 1. The number of non-ortho nitro benzene ring substituents is 1. The number of unbranched alkanes of at least 4 members (excludes halogenated alkanes) is 2. The number of carbonyl (C=O) groups is 1. The number of hydrogen-bond donors (Lipinski definition) is 2. The molecular formula is C21H23N5O7S. The second-order valence-corrected chi connectivity index (χ2v) is 8.93. The topological polar surface area (TPSA) is 163 Å². The lowest BCUT2D eigenvalue weighted by Gasteiger charge is -2.13. The molecule has 0 spiro atoms. The van der Waals surface area contributed by atoms with Crippen LogP contribution in [0.5, 0.6) is 5.75 Å². The number of aromatic nitrogens is 2. The van der Waals surface area contributed by atoms with Crippen LogP contribution in [0.2, 0.25) is 0 Å². The predicted octanol–water partition coefficient (Wildman–Crippen LogP) is 2.13. The number of benzene rings is 2. The van der Waals surface area contributed by atoms with Crippen molar-refractivity contribution in [1.82, 2.24) is 20.0 Å². The lowest BCUT2D eigenvalue weighted by molar-refractivity contribution is -0.385. The summed E-state index contributed by atoms with van der Waals surface area (Å²) in [6.07, 6.45) is 2.50. The second-order valence-electron chi connectivity index (χ2n) is 7.28. The number of amides is 1. The Bertz CT molecular complexity index is 1400. The Hall–Kier alpha value is -3.84. The summed E-state index contributed by atoms with van der Waals surface area (Å²) in [5.74, 6) is -1.16. The minimum absolute atomic E-state index is 0.134. The van der Waals surface area contributed by atoms with E-state index in [1.54, 1.807) is 24.3 Å². The van der Waals surface area contributed by atoms with Crippen molar-refractivity contribution in [3.8, 4) is 5.75 Å². The van der Waals surface area contributed by atoms with Gasteiger partial charge in [-0.1, -0.05) is 38.0 Å². The quantitative estimate of drug-likeness (QED) is 0.248. The molecule has 34 heavy (non-hydrogen) atoms. The van der Waals surface area contributed by atoms with Crippen LogP contribution in [0.1, 0.15) is 36.7 Å². The van der Waals surface area contributed by atoms with Gasteiger partial charge in [0.05, 0.1) is 23.5 Å². The lowest BCUT2D eigenvalue weighted by atomic mass is 10.1. The molecule has 13 heteroatoms. The van der Waals surface area contributed by atoms with Crippen LogP contribution in [0.3, 0.4) is 0 Å². The first-order valence-electron chi connectivity index (χ1n) is 10.3. The Morgan fingerprint density at radius 2 is 1.88 bits per heavy atom. The number of nitro groups is 1. The van der Waals surface area contributed by atoms with Crippen molar-refractivity contribution in [2.75, 3.05) is 7.11 Å². The number of nitrogens with one attached hydrogen (secondary N) is 2. The lowest BCUT2D eigenvalue weighted by Crippen LogP contribution is -2.42. The van der Waals surface area contributed by atoms with E-state index in [1.165, 1.54) is 4.68 Å². The van der Waals surface area contributed by atoms with Crippen molar-refractivity contribution < 1.29 is 22.9 Å². The Morgan fingerprint density at radius 1 is 1.18 bits per heavy atom. The van der Waals surface area contributed by atoms with Gasteiger partial charge >= 0.3 is 0 Å². The Balaban J connectivity index is 1.91. The van der Waals surface area contributed by atoms with Gasteiger partial charge in [-0.05, 0) is 18.6 Å². The number of hydrazine groups is 1. The normalized spacial score (nSPS) is 11.4. The molecule has 0 unspecified atom stereocenters. The fraction of sp³-hybridized carbons (Fsp3) is 0.286. The highest BCUT2D eigenvalue weighted by Gasteiger charge is 2.24. The van der Waals surface area contributed by atoms with Gasteiger partial charge in [-0.25, -0.2) is 13.1 Å². The van der Waals surface area contributed by atoms with E-state index in [0.717, 1.165) is 38.2 Å². The number of fused-ring (bicyclic) bond motifs is 1. The van der Waals surface area contributed by atoms with Crippen molar-refractivity contribution >= 4 is 32.4 Å². The van der Waals surface area contributed by atoms with Crippen LogP contribution < -0.4 is 20.6 Å². The molecule has 0 saturated heterocycles. The molecule has 180 valence electrons. The molecule has 3 rings (SSSR count). The van der Waals surface area contributed by atoms with Gasteiger partial charge in [0, 0.05) is 18.0 Å². The zero-order valence-corrected chi connectivity index (χ0v) is 19.3. The van der Waals surface area contributed by atoms with Gasteiger partial charge in [-0.3, -0.25) is 25.1 Å². The SMILES string of the molecule is CCCCCn1nc(C(=O)NNS(=O)(=O)c2ccc([N+](=O)[O-])cc2OC)c2ccccc2c1=O. The summed E-state index contributed by atoms with van der Waals surface area (Å²) in [4.78, 5) is 37.4. The molecule has 2 aromatic carbocycles. The third-order valence-electron chi connectivity index (χ3n) is 5.00. The molecule has 1 heterocycles. The molecule has 0 aliphatic heterocycles. The maximum absolute atomic E-state index is 12.9. The van der Waals surface area contributed by atoms with Crippen LogP contribution in [0.4, 0.5) is 5.69 Å². The van der Waals surface area contributed by atoms with E-state index >= 15 is 0 Å². The van der Waals surface area contributed by atoms with Crippen LogP contribution in [0, 0.1) is 10.1 Å². The number of rotatable bonds is 10. The van der Waals surface area contributed by atoms with Gasteiger partial charge in [0.15, 0.2) is 5.69 Å². The molecule has 1 amide bonds. The van der Waals surface area contributed by atoms with Crippen LogP contribution in [-0.4, -0.2) is 36.1 Å². The highest BCUT2D eigenvalue weighted by Crippen LogP contribution is 2.28. The average Bonchev–Trinajstić information content (AvgIpc) is 2.83. The van der Waals surface area contributed by atoms with Gasteiger partial charge in [0.25, 0.3) is 27.2 Å².